The zero-order chi connectivity index (χ0) is 19.3. The Bertz CT molecular complexity index is 1100. The van der Waals surface area contributed by atoms with E-state index in [9.17, 15) is 4.79 Å². The molecule has 0 radical (unpaired) electrons. The number of carbonyl (C=O) groups excluding carboxylic acids is 1. The SMILES string of the molecule is CCOC(=O)COc1ccc2cc(-c3nc(-c4ccccc4)co3)ccc2c1. The Morgan fingerprint density at radius 2 is 1.75 bits per heavy atom. The average molecular weight is 373 g/mol. The van der Waals surface area contributed by atoms with E-state index in [4.69, 9.17) is 13.9 Å². The van der Waals surface area contributed by atoms with Gasteiger partial charge < -0.3 is 13.9 Å². The predicted molar refractivity (Wildman–Crippen MR) is 107 cm³/mol. The molecule has 0 saturated carbocycles. The second-order valence-corrected chi connectivity index (χ2v) is 6.22. The molecular weight excluding hydrogens is 354 g/mol. The Balaban J connectivity index is 1.54. The third-order valence-electron chi connectivity index (χ3n) is 4.29. The van der Waals surface area contributed by atoms with E-state index >= 15 is 0 Å². The van der Waals surface area contributed by atoms with Crippen molar-refractivity contribution in [2.45, 2.75) is 6.92 Å². The van der Waals surface area contributed by atoms with Crippen LogP contribution in [0.25, 0.3) is 33.5 Å². The second kappa shape index (κ2) is 7.96. The number of carbonyl (C=O) groups is 1. The minimum atomic E-state index is -0.379. The highest BCUT2D eigenvalue weighted by Crippen LogP contribution is 2.28. The molecule has 4 rings (SSSR count). The van der Waals surface area contributed by atoms with E-state index in [2.05, 4.69) is 4.98 Å². The summed E-state index contributed by atoms with van der Waals surface area (Å²) < 4.78 is 16.0. The van der Waals surface area contributed by atoms with Gasteiger partial charge in [0.05, 0.1) is 6.61 Å². The smallest absolute Gasteiger partial charge is 0.344 e. The molecule has 0 bridgehead atoms. The summed E-state index contributed by atoms with van der Waals surface area (Å²) in [4.78, 5) is 16.0. The van der Waals surface area contributed by atoms with Gasteiger partial charge in [0, 0.05) is 11.1 Å². The van der Waals surface area contributed by atoms with Crippen LogP contribution in [-0.4, -0.2) is 24.2 Å². The lowest BCUT2D eigenvalue weighted by molar-refractivity contribution is -0.145. The largest absolute Gasteiger partial charge is 0.482 e. The van der Waals surface area contributed by atoms with Crippen LogP contribution in [0, 0.1) is 0 Å². The van der Waals surface area contributed by atoms with Gasteiger partial charge in [-0.2, -0.15) is 0 Å². The number of benzene rings is 3. The molecular formula is C23H19NO4. The lowest BCUT2D eigenvalue weighted by atomic mass is 10.1. The summed E-state index contributed by atoms with van der Waals surface area (Å²) in [5.41, 5.74) is 2.72. The molecule has 0 unspecified atom stereocenters. The molecule has 28 heavy (non-hydrogen) atoms. The van der Waals surface area contributed by atoms with Gasteiger partial charge in [-0.1, -0.05) is 42.5 Å². The van der Waals surface area contributed by atoms with Crippen LogP contribution in [0.5, 0.6) is 5.75 Å². The maximum absolute atomic E-state index is 11.4. The number of nitrogens with zero attached hydrogens (tertiary/aromatic N) is 1. The van der Waals surface area contributed by atoms with Crippen LogP contribution >= 0.6 is 0 Å². The van der Waals surface area contributed by atoms with Gasteiger partial charge in [0.1, 0.15) is 17.7 Å². The summed E-state index contributed by atoms with van der Waals surface area (Å²) >= 11 is 0. The van der Waals surface area contributed by atoms with E-state index < -0.39 is 0 Å². The van der Waals surface area contributed by atoms with Crippen LogP contribution in [0.3, 0.4) is 0 Å². The van der Waals surface area contributed by atoms with Crippen molar-refractivity contribution < 1.29 is 18.7 Å². The van der Waals surface area contributed by atoms with Gasteiger partial charge in [-0.05, 0) is 42.0 Å². The number of oxazole rings is 1. The molecule has 0 spiro atoms. The minimum Gasteiger partial charge on any atom is -0.482 e. The molecule has 1 aromatic heterocycles. The first-order valence-electron chi connectivity index (χ1n) is 9.06. The quantitative estimate of drug-likeness (QED) is 0.440. The van der Waals surface area contributed by atoms with Crippen molar-refractivity contribution >= 4 is 16.7 Å². The van der Waals surface area contributed by atoms with Crippen molar-refractivity contribution in [3.8, 4) is 28.5 Å². The first-order chi connectivity index (χ1) is 13.7. The Morgan fingerprint density at radius 3 is 2.57 bits per heavy atom. The van der Waals surface area contributed by atoms with E-state index in [1.807, 2.05) is 66.7 Å². The van der Waals surface area contributed by atoms with Crippen molar-refractivity contribution in [1.29, 1.82) is 0 Å². The van der Waals surface area contributed by atoms with Gasteiger partial charge in [0.15, 0.2) is 6.61 Å². The Kier molecular flexibility index (Phi) is 5.06. The van der Waals surface area contributed by atoms with E-state index in [0.717, 1.165) is 27.6 Å². The van der Waals surface area contributed by atoms with Gasteiger partial charge in [0.25, 0.3) is 0 Å². The van der Waals surface area contributed by atoms with Crippen molar-refractivity contribution in [3.05, 3.63) is 73.0 Å². The fourth-order valence-corrected chi connectivity index (χ4v) is 2.94. The van der Waals surface area contributed by atoms with Crippen molar-refractivity contribution in [1.82, 2.24) is 4.98 Å². The number of esters is 1. The Hall–Kier alpha value is -3.60. The van der Waals surface area contributed by atoms with Gasteiger partial charge in [0.2, 0.25) is 5.89 Å². The van der Waals surface area contributed by atoms with E-state index in [1.165, 1.54) is 0 Å². The first-order valence-corrected chi connectivity index (χ1v) is 9.06. The predicted octanol–water partition coefficient (Wildman–Crippen LogP) is 5.10. The summed E-state index contributed by atoms with van der Waals surface area (Å²) in [5.74, 6) is 0.815. The summed E-state index contributed by atoms with van der Waals surface area (Å²) in [6.45, 7) is 2.01. The number of hydrogen-bond donors (Lipinski definition) is 0. The topological polar surface area (TPSA) is 61.6 Å². The van der Waals surface area contributed by atoms with E-state index in [1.54, 1.807) is 13.2 Å². The zero-order valence-electron chi connectivity index (χ0n) is 15.4. The molecule has 0 aliphatic carbocycles. The van der Waals surface area contributed by atoms with E-state index in [-0.39, 0.29) is 12.6 Å². The van der Waals surface area contributed by atoms with Crippen LogP contribution in [-0.2, 0) is 9.53 Å². The average Bonchev–Trinajstić information content (AvgIpc) is 3.23. The summed E-state index contributed by atoms with van der Waals surface area (Å²) in [6, 6.07) is 21.5. The molecule has 140 valence electrons. The lowest BCUT2D eigenvalue weighted by Crippen LogP contribution is -2.14. The Morgan fingerprint density at radius 1 is 0.964 bits per heavy atom. The Labute approximate surface area is 162 Å². The van der Waals surface area contributed by atoms with Crippen molar-refractivity contribution in [3.63, 3.8) is 0 Å². The highest BCUT2D eigenvalue weighted by molar-refractivity contribution is 5.87. The van der Waals surface area contributed by atoms with Crippen LogP contribution in [0.2, 0.25) is 0 Å². The zero-order valence-corrected chi connectivity index (χ0v) is 15.4. The molecule has 1 heterocycles. The van der Waals surface area contributed by atoms with Gasteiger partial charge in [-0.15, -0.1) is 0 Å². The second-order valence-electron chi connectivity index (χ2n) is 6.22. The monoisotopic (exact) mass is 373 g/mol. The number of hydrogen-bond acceptors (Lipinski definition) is 5. The normalized spacial score (nSPS) is 10.8. The maximum atomic E-state index is 11.4. The molecule has 5 nitrogen and oxygen atoms in total. The van der Waals surface area contributed by atoms with Crippen LogP contribution < -0.4 is 4.74 Å². The van der Waals surface area contributed by atoms with Gasteiger partial charge in [-0.3, -0.25) is 0 Å². The third kappa shape index (κ3) is 3.88. The molecule has 0 N–H and O–H groups in total. The fraction of sp³-hybridized carbons (Fsp3) is 0.130. The molecule has 0 aliphatic rings. The minimum absolute atomic E-state index is 0.101. The highest BCUT2D eigenvalue weighted by atomic mass is 16.6. The first kappa shape index (κ1) is 17.8. The highest BCUT2D eigenvalue weighted by Gasteiger charge is 2.10. The van der Waals surface area contributed by atoms with Crippen LogP contribution in [0.1, 0.15) is 6.92 Å². The molecule has 4 aromatic rings. The van der Waals surface area contributed by atoms with Crippen molar-refractivity contribution in [2.75, 3.05) is 13.2 Å². The lowest BCUT2D eigenvalue weighted by Gasteiger charge is -2.07. The molecule has 3 aromatic carbocycles. The molecule has 0 atom stereocenters. The third-order valence-corrected chi connectivity index (χ3v) is 4.29. The summed E-state index contributed by atoms with van der Waals surface area (Å²) in [6.07, 6.45) is 1.67. The molecule has 0 aliphatic heterocycles. The molecule has 0 saturated heterocycles. The number of fused-ring (bicyclic) bond motifs is 1. The molecule has 0 amide bonds. The summed E-state index contributed by atoms with van der Waals surface area (Å²) in [5, 5.41) is 2.03. The van der Waals surface area contributed by atoms with E-state index in [0.29, 0.717) is 18.2 Å². The van der Waals surface area contributed by atoms with Gasteiger partial charge >= 0.3 is 5.97 Å². The molecule has 5 heteroatoms. The number of ether oxygens (including phenoxy) is 2. The van der Waals surface area contributed by atoms with Crippen LogP contribution in [0.15, 0.2) is 77.4 Å². The number of rotatable bonds is 6. The van der Waals surface area contributed by atoms with Crippen LogP contribution in [0.4, 0.5) is 0 Å². The standard InChI is InChI=1S/C23H19NO4/c1-2-26-22(25)15-27-20-11-10-17-12-19(9-8-18(17)13-20)23-24-21(14-28-23)16-6-4-3-5-7-16/h3-14H,2,15H2,1H3. The van der Waals surface area contributed by atoms with Crippen molar-refractivity contribution in [2.24, 2.45) is 0 Å². The van der Waals surface area contributed by atoms with Gasteiger partial charge in [-0.25, -0.2) is 9.78 Å². The summed E-state index contributed by atoms with van der Waals surface area (Å²) in [7, 11) is 0. The number of aromatic nitrogens is 1. The fourth-order valence-electron chi connectivity index (χ4n) is 2.94. The maximum Gasteiger partial charge on any atom is 0.344 e. The molecule has 0 fully saturated rings.